The van der Waals surface area contributed by atoms with Gasteiger partial charge in [-0.05, 0) is 52.9 Å². The fourth-order valence-electron chi connectivity index (χ4n) is 4.00. The fraction of sp³-hybridized carbons (Fsp3) is 0.292. The van der Waals surface area contributed by atoms with Gasteiger partial charge in [-0.25, -0.2) is 9.18 Å². The zero-order valence-electron chi connectivity index (χ0n) is 18.8. The van der Waals surface area contributed by atoms with Gasteiger partial charge in [0.15, 0.2) is 0 Å². The average Bonchev–Trinajstić information content (AvgIpc) is 3.22. The Labute approximate surface area is 195 Å². The largest absolute Gasteiger partial charge is 0.528 e. The lowest BCUT2D eigenvalue weighted by Crippen LogP contribution is -2.34. The molecule has 178 valence electrons. The quantitative estimate of drug-likeness (QED) is 0.525. The van der Waals surface area contributed by atoms with Crippen LogP contribution >= 0.6 is 0 Å². The van der Waals surface area contributed by atoms with Gasteiger partial charge in [0.25, 0.3) is 0 Å². The van der Waals surface area contributed by atoms with Crippen molar-refractivity contribution in [3.05, 3.63) is 70.8 Å². The van der Waals surface area contributed by atoms with E-state index in [1.807, 2.05) is 0 Å². The number of carbonyl (C=O) groups is 2. The minimum Gasteiger partial charge on any atom is -0.496 e. The Morgan fingerprint density at radius 3 is 2.68 bits per heavy atom. The molecule has 10 heteroatoms. The monoisotopic (exact) mass is 469 g/mol. The van der Waals surface area contributed by atoms with E-state index >= 15 is 0 Å². The fourth-order valence-corrected chi connectivity index (χ4v) is 4.00. The molecule has 1 aliphatic rings. The Balaban J connectivity index is 1.57. The molecule has 2 heterocycles. The van der Waals surface area contributed by atoms with Gasteiger partial charge in [-0.15, -0.1) is 5.06 Å². The first-order valence-corrected chi connectivity index (χ1v) is 10.6. The second-order valence-electron chi connectivity index (χ2n) is 7.85. The summed E-state index contributed by atoms with van der Waals surface area (Å²) in [6.07, 6.45) is 0.893. The molecule has 0 radical (unpaired) electrons. The number of carboxylic acid groups (broad SMARTS) is 1. The minimum atomic E-state index is -0.957. The standard InChI is InChI=1S/C24H24FN3O6/c1-27-16(7-9-26-27)14-33-24(31)34-28-10-8-18-20(13-28)17(4-5-21(18)25)19-11-15(12-23(29)30)3-6-22(19)32-2/h3-7,9,11H,8,10,12-14H2,1-2H3,(H,29,30). The van der Waals surface area contributed by atoms with Crippen LogP contribution in [0.25, 0.3) is 11.1 Å². The highest BCUT2D eigenvalue weighted by atomic mass is 19.1. The molecule has 1 aromatic heterocycles. The zero-order valence-corrected chi connectivity index (χ0v) is 18.8. The first-order valence-electron chi connectivity index (χ1n) is 10.6. The summed E-state index contributed by atoms with van der Waals surface area (Å²) in [6, 6.07) is 9.83. The number of hydrogen-bond donors (Lipinski definition) is 1. The number of halogens is 1. The predicted molar refractivity (Wildman–Crippen MR) is 118 cm³/mol. The molecule has 3 aromatic rings. The summed E-state index contributed by atoms with van der Waals surface area (Å²) in [5.41, 5.74) is 3.76. The summed E-state index contributed by atoms with van der Waals surface area (Å²) in [4.78, 5) is 28.8. The van der Waals surface area contributed by atoms with E-state index in [0.717, 1.165) is 0 Å². The molecule has 4 rings (SSSR count). The van der Waals surface area contributed by atoms with Gasteiger partial charge < -0.3 is 19.4 Å². The number of aliphatic carboxylic acids is 1. The Bertz CT molecular complexity index is 1230. The highest BCUT2D eigenvalue weighted by Crippen LogP contribution is 2.37. The van der Waals surface area contributed by atoms with Crippen molar-refractivity contribution in [2.24, 2.45) is 7.05 Å². The van der Waals surface area contributed by atoms with Crippen LogP contribution in [0.5, 0.6) is 5.75 Å². The molecule has 0 bridgehead atoms. The Kier molecular flexibility index (Phi) is 6.78. The third-order valence-corrected chi connectivity index (χ3v) is 5.69. The number of aromatic nitrogens is 2. The normalized spacial score (nSPS) is 13.3. The third-order valence-electron chi connectivity index (χ3n) is 5.69. The van der Waals surface area contributed by atoms with Crippen LogP contribution in [0.1, 0.15) is 22.4 Å². The van der Waals surface area contributed by atoms with Crippen molar-refractivity contribution in [1.82, 2.24) is 14.8 Å². The smallest absolute Gasteiger partial charge is 0.496 e. The molecule has 9 nitrogen and oxygen atoms in total. The van der Waals surface area contributed by atoms with Gasteiger partial charge in [-0.3, -0.25) is 9.48 Å². The molecule has 0 atom stereocenters. The number of ether oxygens (including phenoxy) is 2. The van der Waals surface area contributed by atoms with Crippen LogP contribution in [0.3, 0.4) is 0 Å². The number of rotatable bonds is 7. The lowest BCUT2D eigenvalue weighted by atomic mass is 9.90. The number of nitrogens with zero attached hydrogens (tertiary/aromatic N) is 3. The molecule has 0 saturated heterocycles. The summed E-state index contributed by atoms with van der Waals surface area (Å²) < 4.78 is 26.9. The first-order chi connectivity index (χ1) is 16.4. The predicted octanol–water partition coefficient (Wildman–Crippen LogP) is 3.49. The van der Waals surface area contributed by atoms with Crippen LogP contribution in [0.2, 0.25) is 0 Å². The van der Waals surface area contributed by atoms with E-state index in [-0.39, 0.29) is 25.4 Å². The molecule has 2 aromatic carbocycles. The maximum Gasteiger partial charge on any atom is 0.528 e. The van der Waals surface area contributed by atoms with E-state index in [1.165, 1.54) is 18.2 Å². The molecule has 34 heavy (non-hydrogen) atoms. The number of aryl methyl sites for hydroxylation is 1. The van der Waals surface area contributed by atoms with E-state index in [2.05, 4.69) is 5.10 Å². The first kappa shape index (κ1) is 23.2. The molecule has 0 fully saturated rings. The number of methoxy groups -OCH3 is 1. The summed E-state index contributed by atoms with van der Waals surface area (Å²) in [6.45, 7) is 0.438. The van der Waals surface area contributed by atoms with Crippen molar-refractivity contribution < 1.29 is 33.4 Å². The number of fused-ring (bicyclic) bond motifs is 1. The molecule has 0 unspecified atom stereocenters. The second-order valence-corrected chi connectivity index (χ2v) is 7.85. The molecule has 0 amide bonds. The van der Waals surface area contributed by atoms with Crippen LogP contribution in [0.15, 0.2) is 42.6 Å². The van der Waals surface area contributed by atoms with E-state index in [0.29, 0.717) is 52.2 Å². The molecule has 0 saturated carbocycles. The Morgan fingerprint density at radius 2 is 1.97 bits per heavy atom. The maximum absolute atomic E-state index is 14.6. The maximum atomic E-state index is 14.6. The minimum absolute atomic E-state index is 0.00715. The molecule has 1 N–H and O–H groups in total. The lowest BCUT2D eigenvalue weighted by Gasteiger charge is -2.29. The van der Waals surface area contributed by atoms with Crippen molar-refractivity contribution in [2.75, 3.05) is 13.7 Å². The molecular formula is C24H24FN3O6. The number of hydrogen-bond acceptors (Lipinski definition) is 7. The van der Waals surface area contributed by atoms with Gasteiger partial charge in [0.2, 0.25) is 0 Å². The van der Waals surface area contributed by atoms with Gasteiger partial charge in [-0.1, -0.05) is 12.1 Å². The van der Waals surface area contributed by atoms with Gasteiger partial charge >= 0.3 is 12.1 Å². The van der Waals surface area contributed by atoms with Gasteiger partial charge in [0.05, 0.1) is 25.8 Å². The molecular weight excluding hydrogens is 445 g/mol. The Morgan fingerprint density at radius 1 is 1.15 bits per heavy atom. The van der Waals surface area contributed by atoms with E-state index < -0.39 is 12.1 Å². The van der Waals surface area contributed by atoms with Gasteiger partial charge in [-0.2, -0.15) is 5.10 Å². The van der Waals surface area contributed by atoms with Crippen molar-refractivity contribution in [3.63, 3.8) is 0 Å². The highest BCUT2D eigenvalue weighted by Gasteiger charge is 2.26. The number of benzene rings is 2. The van der Waals surface area contributed by atoms with E-state index in [4.69, 9.17) is 19.4 Å². The molecule has 0 spiro atoms. The highest BCUT2D eigenvalue weighted by molar-refractivity contribution is 5.77. The summed E-state index contributed by atoms with van der Waals surface area (Å²) in [7, 11) is 3.25. The van der Waals surface area contributed by atoms with Crippen LogP contribution in [0.4, 0.5) is 9.18 Å². The summed E-state index contributed by atoms with van der Waals surface area (Å²) in [5, 5.41) is 14.6. The lowest BCUT2D eigenvalue weighted by molar-refractivity contribution is -0.139. The van der Waals surface area contributed by atoms with Crippen molar-refractivity contribution in [1.29, 1.82) is 0 Å². The van der Waals surface area contributed by atoms with Gasteiger partial charge in [0.1, 0.15) is 18.2 Å². The van der Waals surface area contributed by atoms with Crippen LogP contribution < -0.4 is 4.74 Å². The van der Waals surface area contributed by atoms with Crippen molar-refractivity contribution in [2.45, 2.75) is 26.0 Å². The average molecular weight is 469 g/mol. The van der Waals surface area contributed by atoms with E-state index in [9.17, 15) is 14.0 Å². The SMILES string of the molecule is COc1ccc(CC(=O)O)cc1-c1ccc(F)c2c1CN(OC(=O)OCc1ccnn1C)CC2. The number of hydroxylamine groups is 2. The van der Waals surface area contributed by atoms with Crippen LogP contribution in [-0.4, -0.2) is 45.7 Å². The van der Waals surface area contributed by atoms with Crippen molar-refractivity contribution in [3.8, 4) is 16.9 Å². The molecule has 0 aliphatic carbocycles. The topological polar surface area (TPSA) is 103 Å². The van der Waals surface area contributed by atoms with Crippen LogP contribution in [-0.2, 0) is 47.4 Å². The van der Waals surface area contributed by atoms with Crippen LogP contribution in [0, 0.1) is 5.82 Å². The summed E-state index contributed by atoms with van der Waals surface area (Å²) in [5.74, 6) is -0.782. The second kappa shape index (κ2) is 9.92. The van der Waals surface area contributed by atoms with Gasteiger partial charge in [0, 0.05) is 25.4 Å². The van der Waals surface area contributed by atoms with Crippen molar-refractivity contribution >= 4 is 12.1 Å². The Hall–Kier alpha value is -3.92. The third kappa shape index (κ3) is 5.01. The van der Waals surface area contributed by atoms with E-state index in [1.54, 1.807) is 48.3 Å². The number of carboxylic acids is 1. The zero-order chi connectivity index (χ0) is 24.2. The number of carbonyl (C=O) groups excluding carboxylic acids is 1. The molecule has 1 aliphatic heterocycles. The summed E-state index contributed by atoms with van der Waals surface area (Å²) >= 11 is 0.